The van der Waals surface area contributed by atoms with E-state index in [0.29, 0.717) is 30.8 Å². The average molecular weight is 461 g/mol. The van der Waals surface area contributed by atoms with Gasteiger partial charge in [0, 0.05) is 25.1 Å². The van der Waals surface area contributed by atoms with Crippen molar-refractivity contribution in [1.82, 2.24) is 4.90 Å². The number of oxime groups is 1. The van der Waals surface area contributed by atoms with E-state index >= 15 is 0 Å². The Labute approximate surface area is 187 Å². The molecule has 2 aromatic carbocycles. The third-order valence-corrected chi connectivity index (χ3v) is 5.73. The van der Waals surface area contributed by atoms with E-state index in [4.69, 9.17) is 20.4 Å². The molecule has 2 aromatic rings. The zero-order valence-corrected chi connectivity index (χ0v) is 18.8. The summed E-state index contributed by atoms with van der Waals surface area (Å²) >= 11 is 0. The number of nitrogens with zero attached hydrogens (tertiary/aromatic N) is 2. The van der Waals surface area contributed by atoms with Crippen molar-refractivity contribution >= 4 is 19.4 Å². The molecule has 1 fully saturated rings. The van der Waals surface area contributed by atoms with Gasteiger partial charge in [-0.25, -0.2) is 4.57 Å². The number of amides is 1. The van der Waals surface area contributed by atoms with E-state index in [0.717, 1.165) is 12.0 Å². The van der Waals surface area contributed by atoms with Crippen LogP contribution in [-0.2, 0) is 20.3 Å². The summed E-state index contributed by atoms with van der Waals surface area (Å²) in [5.74, 6) is -0.200. The summed E-state index contributed by atoms with van der Waals surface area (Å²) in [5.41, 5.74) is 8.36. The van der Waals surface area contributed by atoms with Crippen molar-refractivity contribution in [2.75, 3.05) is 26.3 Å². The van der Waals surface area contributed by atoms with E-state index in [-0.39, 0.29) is 19.1 Å². The Bertz CT molecular complexity index is 992. The molecule has 0 bridgehead atoms. The Morgan fingerprint density at radius 3 is 2.47 bits per heavy atom. The van der Waals surface area contributed by atoms with E-state index in [2.05, 4.69) is 9.68 Å². The highest BCUT2D eigenvalue weighted by Gasteiger charge is 2.38. The van der Waals surface area contributed by atoms with E-state index < -0.39 is 13.4 Å². The number of hydrogen-bond donors (Lipinski definition) is 3. The van der Waals surface area contributed by atoms with Crippen LogP contribution in [-0.4, -0.2) is 58.1 Å². The summed E-state index contributed by atoms with van der Waals surface area (Å²) in [6.07, 6.45) is 1.16. The number of hydrogen-bond acceptors (Lipinski definition) is 6. The van der Waals surface area contributed by atoms with Crippen LogP contribution in [0, 0.1) is 0 Å². The second-order valence-electron chi connectivity index (χ2n) is 7.93. The highest BCUT2D eigenvalue weighted by atomic mass is 31.2. The Morgan fingerprint density at radius 2 is 1.81 bits per heavy atom. The first-order chi connectivity index (χ1) is 15.2. The zero-order valence-electron chi connectivity index (χ0n) is 17.9. The third-order valence-electron chi connectivity index (χ3n) is 5.27. The number of phosphoric acid groups is 1. The minimum Gasteiger partial charge on any atom is -0.395 e. The van der Waals surface area contributed by atoms with Gasteiger partial charge in [-0.2, -0.15) is 0 Å². The van der Waals surface area contributed by atoms with Crippen molar-refractivity contribution in [2.24, 2.45) is 10.9 Å². The van der Waals surface area contributed by atoms with Crippen molar-refractivity contribution in [3.8, 4) is 0 Å². The zero-order chi connectivity index (χ0) is 23.2. The minimum atomic E-state index is -4.61. The Balaban J connectivity index is 1.52. The molecule has 1 saturated heterocycles. The van der Waals surface area contributed by atoms with Crippen molar-refractivity contribution in [2.45, 2.75) is 25.3 Å². The Hall–Kier alpha value is -2.55. The molecule has 0 spiro atoms. The number of benzene rings is 2. The molecule has 32 heavy (non-hydrogen) atoms. The van der Waals surface area contributed by atoms with Gasteiger partial charge in [0.1, 0.15) is 6.61 Å². The normalized spacial score (nSPS) is 19.2. The van der Waals surface area contributed by atoms with Gasteiger partial charge in [0.25, 0.3) is 5.91 Å². The van der Waals surface area contributed by atoms with Crippen LogP contribution in [0.4, 0.5) is 0 Å². The third kappa shape index (κ3) is 6.98. The van der Waals surface area contributed by atoms with Crippen LogP contribution in [0.15, 0.2) is 59.8 Å². The number of carbonyl (C=O) groups excluding carboxylic acids is 1. The van der Waals surface area contributed by atoms with Crippen molar-refractivity contribution < 1.29 is 28.5 Å². The molecule has 1 amide bonds. The van der Waals surface area contributed by atoms with E-state index in [9.17, 15) is 9.36 Å². The summed E-state index contributed by atoms with van der Waals surface area (Å²) in [7, 11) is -4.61. The van der Waals surface area contributed by atoms with Crippen LogP contribution in [0.25, 0.3) is 0 Å². The number of carbonyl (C=O) groups is 1. The highest BCUT2D eigenvalue weighted by Crippen LogP contribution is 2.37. The summed E-state index contributed by atoms with van der Waals surface area (Å²) in [6.45, 7) is 2.53. The van der Waals surface area contributed by atoms with Crippen LogP contribution in [0.3, 0.4) is 0 Å². The molecular weight excluding hydrogens is 433 g/mol. The fourth-order valence-electron chi connectivity index (χ4n) is 3.44. The summed E-state index contributed by atoms with van der Waals surface area (Å²) in [6, 6.07) is 17.0. The lowest BCUT2D eigenvalue weighted by molar-refractivity contribution is 0.0774. The van der Waals surface area contributed by atoms with Gasteiger partial charge in [-0.1, -0.05) is 47.6 Å². The SMILES string of the molecule is C/C(=N\OCCc1ccccc1)c1ccc(C(=O)N2CCC(N)(COP(=O)(O)O)C2)cc1. The quantitative estimate of drug-likeness (QED) is 0.226. The second kappa shape index (κ2) is 10.4. The lowest BCUT2D eigenvalue weighted by Gasteiger charge is -2.24. The number of rotatable bonds is 9. The molecule has 0 aliphatic carbocycles. The Morgan fingerprint density at radius 1 is 1.16 bits per heavy atom. The molecule has 3 rings (SSSR count). The largest absolute Gasteiger partial charge is 0.469 e. The maximum absolute atomic E-state index is 12.8. The smallest absolute Gasteiger partial charge is 0.395 e. The van der Waals surface area contributed by atoms with E-state index in [1.165, 1.54) is 5.56 Å². The lowest BCUT2D eigenvalue weighted by Crippen LogP contribution is -2.47. The molecule has 1 atom stereocenters. The number of nitrogens with two attached hydrogens (primary N) is 1. The van der Waals surface area contributed by atoms with Crippen molar-refractivity contribution in [1.29, 1.82) is 0 Å². The van der Waals surface area contributed by atoms with Crippen molar-refractivity contribution in [3.63, 3.8) is 0 Å². The monoisotopic (exact) mass is 461 g/mol. The maximum atomic E-state index is 12.8. The molecule has 1 aliphatic rings. The topological polar surface area (TPSA) is 135 Å². The predicted octanol–water partition coefficient (Wildman–Crippen LogP) is 2.32. The second-order valence-corrected chi connectivity index (χ2v) is 9.17. The van der Waals surface area contributed by atoms with Gasteiger partial charge in [0.15, 0.2) is 0 Å². The van der Waals surface area contributed by atoms with Gasteiger partial charge in [-0.05, 0) is 36.6 Å². The van der Waals surface area contributed by atoms with Gasteiger partial charge in [-0.15, -0.1) is 0 Å². The highest BCUT2D eigenvalue weighted by molar-refractivity contribution is 7.46. The molecule has 1 aliphatic heterocycles. The first kappa shape index (κ1) is 24.1. The number of likely N-dealkylation sites (tertiary alicyclic amines) is 1. The summed E-state index contributed by atoms with van der Waals surface area (Å²) < 4.78 is 15.5. The molecule has 1 unspecified atom stereocenters. The van der Waals surface area contributed by atoms with Gasteiger partial charge < -0.3 is 25.3 Å². The van der Waals surface area contributed by atoms with Crippen molar-refractivity contribution in [3.05, 3.63) is 71.3 Å². The molecule has 0 saturated carbocycles. The van der Waals surface area contributed by atoms with Crippen LogP contribution >= 0.6 is 7.82 Å². The van der Waals surface area contributed by atoms with Crippen LogP contribution in [0.5, 0.6) is 0 Å². The lowest BCUT2D eigenvalue weighted by atomic mass is 10.0. The van der Waals surface area contributed by atoms with Gasteiger partial charge in [0.05, 0.1) is 17.9 Å². The fraction of sp³-hybridized carbons (Fsp3) is 0.364. The summed E-state index contributed by atoms with van der Waals surface area (Å²) in [4.78, 5) is 37.5. The first-order valence-corrected chi connectivity index (χ1v) is 11.8. The molecule has 0 radical (unpaired) electrons. The van der Waals surface area contributed by atoms with Crippen LogP contribution < -0.4 is 5.73 Å². The van der Waals surface area contributed by atoms with E-state index in [1.807, 2.05) is 37.3 Å². The summed E-state index contributed by atoms with van der Waals surface area (Å²) in [5, 5.41) is 4.15. The Kier molecular flexibility index (Phi) is 7.82. The minimum absolute atomic E-state index is 0.156. The molecule has 4 N–H and O–H groups in total. The molecule has 10 heteroatoms. The molecule has 172 valence electrons. The van der Waals surface area contributed by atoms with Gasteiger partial charge >= 0.3 is 7.82 Å². The van der Waals surface area contributed by atoms with Gasteiger partial charge in [0.2, 0.25) is 0 Å². The van der Waals surface area contributed by atoms with Crippen LogP contribution in [0.2, 0.25) is 0 Å². The molecular formula is C22H28N3O6P. The fourth-order valence-corrected chi connectivity index (χ4v) is 3.86. The van der Waals surface area contributed by atoms with E-state index in [1.54, 1.807) is 29.2 Å². The maximum Gasteiger partial charge on any atom is 0.469 e. The van der Waals surface area contributed by atoms with Crippen LogP contribution in [0.1, 0.15) is 34.8 Å². The average Bonchev–Trinajstić information content (AvgIpc) is 3.18. The first-order valence-electron chi connectivity index (χ1n) is 10.2. The molecule has 9 nitrogen and oxygen atoms in total. The molecule has 0 aromatic heterocycles. The standard InChI is InChI=1S/C22H28N3O6P/c1-17(24-30-14-11-18-5-3-2-4-6-18)19-7-9-20(10-8-19)21(26)25-13-12-22(23,15-25)16-31-32(27,28)29/h2-10H,11-16,23H2,1H3,(H2,27,28,29)/b24-17+. The molecule has 1 heterocycles. The predicted molar refractivity (Wildman–Crippen MR) is 120 cm³/mol. The van der Waals surface area contributed by atoms with Gasteiger partial charge in [-0.3, -0.25) is 9.32 Å². The number of phosphoric ester groups is 1.